The van der Waals surface area contributed by atoms with Crippen LogP contribution in [0.3, 0.4) is 0 Å². The molecular formula is C16H20N2S. The van der Waals surface area contributed by atoms with Gasteiger partial charge in [0.15, 0.2) is 0 Å². The number of nitrogens with zero attached hydrogens (tertiary/aromatic N) is 1. The van der Waals surface area contributed by atoms with Gasteiger partial charge in [0.2, 0.25) is 0 Å². The van der Waals surface area contributed by atoms with Crippen molar-refractivity contribution < 1.29 is 0 Å². The van der Waals surface area contributed by atoms with Gasteiger partial charge < -0.3 is 5.32 Å². The average Bonchev–Trinajstić information content (AvgIpc) is 2.82. The number of aromatic nitrogens is 1. The summed E-state index contributed by atoms with van der Waals surface area (Å²) in [5.41, 5.74) is 3.81. The first-order valence-electron chi connectivity index (χ1n) is 6.99. The van der Waals surface area contributed by atoms with Crippen LogP contribution in [-0.2, 0) is 0 Å². The SMILES string of the molecule is Cc1cccc(-c2sc(C3CCNCC3)nc2C)c1. The standard InChI is InChI=1S/C16H20N2S/c1-11-4-3-5-14(10-11)15-12(2)18-16(19-15)13-6-8-17-9-7-13/h3-5,10,13,17H,6-9H2,1-2H3. The molecule has 3 rings (SSSR count). The van der Waals surface area contributed by atoms with Crippen molar-refractivity contribution in [1.82, 2.24) is 10.3 Å². The Balaban J connectivity index is 1.92. The molecule has 2 nitrogen and oxygen atoms in total. The van der Waals surface area contributed by atoms with Crippen LogP contribution in [0.1, 0.15) is 35.0 Å². The molecule has 1 aromatic heterocycles. The van der Waals surface area contributed by atoms with Crippen molar-refractivity contribution >= 4 is 11.3 Å². The van der Waals surface area contributed by atoms with Crippen LogP contribution in [-0.4, -0.2) is 18.1 Å². The number of hydrogen-bond acceptors (Lipinski definition) is 3. The van der Waals surface area contributed by atoms with E-state index >= 15 is 0 Å². The number of aryl methyl sites for hydroxylation is 2. The minimum atomic E-state index is 0.656. The summed E-state index contributed by atoms with van der Waals surface area (Å²) in [7, 11) is 0. The van der Waals surface area contributed by atoms with Crippen LogP contribution in [0.4, 0.5) is 0 Å². The third-order valence-corrected chi connectivity index (χ3v) is 5.15. The normalized spacial score (nSPS) is 16.7. The van der Waals surface area contributed by atoms with Crippen LogP contribution < -0.4 is 5.32 Å². The molecule has 1 aromatic carbocycles. The van der Waals surface area contributed by atoms with E-state index in [2.05, 4.69) is 43.4 Å². The van der Waals surface area contributed by atoms with Crippen LogP contribution in [0.15, 0.2) is 24.3 Å². The Bertz CT molecular complexity index is 568. The van der Waals surface area contributed by atoms with Gasteiger partial charge in [0.1, 0.15) is 0 Å². The van der Waals surface area contributed by atoms with E-state index in [1.54, 1.807) is 0 Å². The van der Waals surface area contributed by atoms with E-state index in [-0.39, 0.29) is 0 Å². The second-order valence-corrected chi connectivity index (χ2v) is 6.39. The van der Waals surface area contributed by atoms with Crippen molar-refractivity contribution in [1.29, 1.82) is 0 Å². The Morgan fingerprint density at radius 2 is 2.00 bits per heavy atom. The molecule has 0 radical (unpaired) electrons. The first-order valence-corrected chi connectivity index (χ1v) is 7.81. The maximum Gasteiger partial charge on any atom is 0.0966 e. The zero-order valence-electron chi connectivity index (χ0n) is 11.6. The quantitative estimate of drug-likeness (QED) is 0.897. The van der Waals surface area contributed by atoms with Crippen molar-refractivity contribution in [2.75, 3.05) is 13.1 Å². The zero-order valence-corrected chi connectivity index (χ0v) is 12.4. The minimum absolute atomic E-state index is 0.656. The van der Waals surface area contributed by atoms with Gasteiger partial charge in [-0.15, -0.1) is 11.3 Å². The van der Waals surface area contributed by atoms with E-state index in [9.17, 15) is 0 Å². The summed E-state index contributed by atoms with van der Waals surface area (Å²) in [6.45, 7) is 6.54. The molecule has 100 valence electrons. The summed E-state index contributed by atoms with van der Waals surface area (Å²) >= 11 is 1.89. The molecule has 1 fully saturated rings. The highest BCUT2D eigenvalue weighted by Crippen LogP contribution is 2.36. The van der Waals surface area contributed by atoms with Gasteiger partial charge >= 0.3 is 0 Å². The number of nitrogens with one attached hydrogen (secondary N) is 1. The van der Waals surface area contributed by atoms with E-state index in [0.29, 0.717) is 5.92 Å². The number of piperidine rings is 1. The Morgan fingerprint density at radius 1 is 1.21 bits per heavy atom. The summed E-state index contributed by atoms with van der Waals surface area (Å²) in [6.07, 6.45) is 2.44. The van der Waals surface area contributed by atoms with Gasteiger partial charge in [-0.1, -0.05) is 29.8 Å². The summed E-state index contributed by atoms with van der Waals surface area (Å²) in [5.74, 6) is 0.656. The lowest BCUT2D eigenvalue weighted by atomic mass is 9.99. The maximum atomic E-state index is 4.83. The van der Waals surface area contributed by atoms with Gasteiger partial charge in [-0.05, 0) is 45.3 Å². The molecule has 1 saturated heterocycles. The average molecular weight is 272 g/mol. The predicted octanol–water partition coefficient (Wildman–Crippen LogP) is 3.89. The molecule has 1 N–H and O–H groups in total. The summed E-state index contributed by atoms with van der Waals surface area (Å²) in [6, 6.07) is 8.73. The fraction of sp³-hybridized carbons (Fsp3) is 0.438. The maximum absolute atomic E-state index is 4.83. The highest BCUT2D eigenvalue weighted by atomic mass is 32.1. The number of rotatable bonds is 2. The van der Waals surface area contributed by atoms with Gasteiger partial charge in [0.25, 0.3) is 0 Å². The van der Waals surface area contributed by atoms with Crippen LogP contribution in [0.2, 0.25) is 0 Å². The molecule has 0 unspecified atom stereocenters. The molecule has 0 atom stereocenters. The molecule has 1 aliphatic rings. The second-order valence-electron chi connectivity index (χ2n) is 5.36. The zero-order chi connectivity index (χ0) is 13.2. The number of benzene rings is 1. The van der Waals surface area contributed by atoms with Crippen molar-refractivity contribution in [3.8, 4) is 10.4 Å². The Morgan fingerprint density at radius 3 is 2.74 bits per heavy atom. The first-order chi connectivity index (χ1) is 9.24. The van der Waals surface area contributed by atoms with E-state index in [4.69, 9.17) is 4.98 Å². The lowest BCUT2D eigenvalue weighted by Gasteiger charge is -2.20. The van der Waals surface area contributed by atoms with Crippen molar-refractivity contribution in [2.24, 2.45) is 0 Å². The lowest BCUT2D eigenvalue weighted by Crippen LogP contribution is -2.26. The molecule has 19 heavy (non-hydrogen) atoms. The highest BCUT2D eigenvalue weighted by Gasteiger charge is 2.20. The van der Waals surface area contributed by atoms with E-state index in [1.807, 2.05) is 11.3 Å². The highest BCUT2D eigenvalue weighted by molar-refractivity contribution is 7.15. The second kappa shape index (κ2) is 5.43. The van der Waals surface area contributed by atoms with Gasteiger partial charge in [0.05, 0.1) is 15.6 Å². The third kappa shape index (κ3) is 2.72. The van der Waals surface area contributed by atoms with Crippen molar-refractivity contribution in [2.45, 2.75) is 32.6 Å². The number of hydrogen-bond donors (Lipinski definition) is 1. The summed E-state index contributed by atoms with van der Waals surface area (Å²) in [4.78, 5) is 6.18. The van der Waals surface area contributed by atoms with Crippen LogP contribution >= 0.6 is 11.3 Å². The Hall–Kier alpha value is -1.19. The summed E-state index contributed by atoms with van der Waals surface area (Å²) in [5, 5.41) is 4.75. The molecule has 0 spiro atoms. The molecule has 0 aliphatic carbocycles. The fourth-order valence-electron chi connectivity index (χ4n) is 2.71. The fourth-order valence-corrected chi connectivity index (χ4v) is 3.95. The molecule has 0 bridgehead atoms. The van der Waals surface area contributed by atoms with Gasteiger partial charge in [-0.3, -0.25) is 0 Å². The Kier molecular flexibility index (Phi) is 3.67. The molecule has 0 amide bonds. The molecule has 2 heterocycles. The van der Waals surface area contributed by atoms with Crippen LogP contribution in [0.5, 0.6) is 0 Å². The van der Waals surface area contributed by atoms with Gasteiger partial charge in [-0.25, -0.2) is 4.98 Å². The van der Waals surface area contributed by atoms with Crippen LogP contribution in [0, 0.1) is 13.8 Å². The number of thiazole rings is 1. The smallest absolute Gasteiger partial charge is 0.0966 e. The van der Waals surface area contributed by atoms with Gasteiger partial charge in [0, 0.05) is 5.92 Å². The van der Waals surface area contributed by atoms with Crippen LogP contribution in [0.25, 0.3) is 10.4 Å². The molecule has 1 aliphatic heterocycles. The molecule has 0 saturated carbocycles. The van der Waals surface area contributed by atoms with Crippen molar-refractivity contribution in [3.63, 3.8) is 0 Å². The topological polar surface area (TPSA) is 24.9 Å². The van der Waals surface area contributed by atoms with E-state index in [1.165, 1.54) is 39.5 Å². The summed E-state index contributed by atoms with van der Waals surface area (Å²) < 4.78 is 0. The first kappa shape index (κ1) is 12.8. The Labute approximate surface area is 118 Å². The van der Waals surface area contributed by atoms with Gasteiger partial charge in [-0.2, -0.15) is 0 Å². The molecule has 2 aromatic rings. The predicted molar refractivity (Wildman–Crippen MR) is 81.9 cm³/mol. The third-order valence-electron chi connectivity index (χ3n) is 3.78. The monoisotopic (exact) mass is 272 g/mol. The molecular weight excluding hydrogens is 252 g/mol. The molecule has 3 heteroatoms. The largest absolute Gasteiger partial charge is 0.317 e. The minimum Gasteiger partial charge on any atom is -0.317 e. The lowest BCUT2D eigenvalue weighted by molar-refractivity contribution is 0.459. The van der Waals surface area contributed by atoms with Crippen molar-refractivity contribution in [3.05, 3.63) is 40.5 Å². The van der Waals surface area contributed by atoms with E-state index < -0.39 is 0 Å². The van der Waals surface area contributed by atoms with E-state index in [0.717, 1.165) is 13.1 Å².